The number of nitrogens with two attached hydrogens (primary N) is 2. The average Bonchev–Trinajstić information content (AvgIpc) is 2.75. The molecule has 0 amide bonds. The second kappa shape index (κ2) is 8.67. The van der Waals surface area contributed by atoms with Crippen molar-refractivity contribution in [3.8, 4) is 0 Å². The number of nitrogens with one attached hydrogen (secondary N) is 1. The molecule has 146 valence electrons. The summed E-state index contributed by atoms with van der Waals surface area (Å²) in [6, 6.07) is 9.34. The van der Waals surface area contributed by atoms with Crippen LogP contribution in [-0.4, -0.2) is 49.8 Å². The predicted octanol–water partition coefficient (Wildman–Crippen LogP) is 2.31. The van der Waals surface area contributed by atoms with E-state index in [9.17, 15) is 0 Å². The topological polar surface area (TPSA) is 114 Å². The minimum atomic E-state index is 0.346. The third kappa shape index (κ3) is 4.04. The van der Waals surface area contributed by atoms with E-state index in [1.807, 2.05) is 31.2 Å². The fourth-order valence-corrected chi connectivity index (χ4v) is 3.18. The van der Waals surface area contributed by atoms with Gasteiger partial charge in [0.1, 0.15) is 5.82 Å². The van der Waals surface area contributed by atoms with Crippen LogP contribution in [0.5, 0.6) is 0 Å². The van der Waals surface area contributed by atoms with Crippen LogP contribution in [0.2, 0.25) is 0 Å². The van der Waals surface area contributed by atoms with Gasteiger partial charge in [-0.2, -0.15) is 0 Å². The number of hydrogen-bond acceptors (Lipinski definition) is 7. The van der Waals surface area contributed by atoms with Crippen molar-refractivity contribution in [2.45, 2.75) is 6.92 Å². The summed E-state index contributed by atoms with van der Waals surface area (Å²) >= 11 is 0. The molecule has 0 radical (unpaired) electrons. The lowest BCUT2D eigenvalue weighted by molar-refractivity contribution is 0.122. The molecule has 1 aliphatic heterocycles. The number of morpholine rings is 1. The molecular weight excluding hydrogens is 352 g/mol. The maximum absolute atomic E-state index is 8.74. The standard InChI is InChI=1S/C21H26N6O/c1-14(25-2)18(13-22)15-3-4-19(23)17(11-15)21(24)16-5-6-26-20(12-16)27-7-9-28-10-8-27/h3-6,11-13,24H,7-10,22-23H2,1-2H3. The fourth-order valence-electron chi connectivity index (χ4n) is 3.18. The maximum atomic E-state index is 8.74. The number of allylic oxidation sites excluding steroid dienone is 1. The molecule has 28 heavy (non-hydrogen) atoms. The van der Waals surface area contributed by atoms with Gasteiger partial charge in [-0.15, -0.1) is 0 Å². The van der Waals surface area contributed by atoms with Crippen LogP contribution in [0.4, 0.5) is 11.5 Å². The molecule has 1 saturated heterocycles. The summed E-state index contributed by atoms with van der Waals surface area (Å²) in [5, 5.41) is 8.74. The van der Waals surface area contributed by atoms with Crippen molar-refractivity contribution in [1.82, 2.24) is 4.98 Å². The van der Waals surface area contributed by atoms with Gasteiger partial charge in [0.15, 0.2) is 0 Å². The largest absolute Gasteiger partial charge is 0.404 e. The molecule has 0 bridgehead atoms. The van der Waals surface area contributed by atoms with Crippen molar-refractivity contribution in [3.63, 3.8) is 0 Å². The number of pyridine rings is 1. The Kier molecular flexibility index (Phi) is 6.06. The summed E-state index contributed by atoms with van der Waals surface area (Å²) in [7, 11) is 1.73. The Morgan fingerprint density at radius 1 is 1.21 bits per heavy atom. The number of benzene rings is 1. The van der Waals surface area contributed by atoms with Crippen molar-refractivity contribution >= 4 is 28.5 Å². The van der Waals surface area contributed by atoms with E-state index in [0.29, 0.717) is 30.2 Å². The smallest absolute Gasteiger partial charge is 0.129 e. The summed E-state index contributed by atoms with van der Waals surface area (Å²) in [6.07, 6.45) is 3.26. The predicted molar refractivity (Wildman–Crippen MR) is 115 cm³/mol. The van der Waals surface area contributed by atoms with Crippen LogP contribution in [0.15, 0.2) is 47.7 Å². The zero-order chi connectivity index (χ0) is 20.1. The highest BCUT2D eigenvalue weighted by Crippen LogP contribution is 2.24. The van der Waals surface area contributed by atoms with E-state index in [0.717, 1.165) is 41.3 Å². The molecule has 7 heteroatoms. The first-order valence-electron chi connectivity index (χ1n) is 9.18. The molecular formula is C21H26N6O. The molecule has 1 fully saturated rings. The summed E-state index contributed by atoms with van der Waals surface area (Å²) in [4.78, 5) is 10.8. The summed E-state index contributed by atoms with van der Waals surface area (Å²) in [5.74, 6) is 0.844. The van der Waals surface area contributed by atoms with Crippen LogP contribution in [0, 0.1) is 5.41 Å². The lowest BCUT2D eigenvalue weighted by Crippen LogP contribution is -2.36. The number of aromatic nitrogens is 1. The third-order valence-corrected chi connectivity index (χ3v) is 4.89. The van der Waals surface area contributed by atoms with Gasteiger partial charge < -0.3 is 21.1 Å². The van der Waals surface area contributed by atoms with Gasteiger partial charge in [0, 0.05) is 60.6 Å². The number of nitrogens with zero attached hydrogens (tertiary/aromatic N) is 3. The van der Waals surface area contributed by atoms with E-state index in [4.69, 9.17) is 21.6 Å². The maximum Gasteiger partial charge on any atom is 0.129 e. The molecule has 5 N–H and O–H groups in total. The summed E-state index contributed by atoms with van der Waals surface area (Å²) < 4.78 is 5.41. The van der Waals surface area contributed by atoms with E-state index in [-0.39, 0.29) is 0 Å². The Labute approximate surface area is 165 Å². The zero-order valence-electron chi connectivity index (χ0n) is 16.3. The van der Waals surface area contributed by atoms with Crippen molar-refractivity contribution in [3.05, 3.63) is 59.4 Å². The summed E-state index contributed by atoms with van der Waals surface area (Å²) in [6.45, 7) is 4.86. The second-order valence-corrected chi connectivity index (χ2v) is 6.57. The van der Waals surface area contributed by atoms with Gasteiger partial charge in [-0.25, -0.2) is 4.98 Å². The van der Waals surface area contributed by atoms with Crippen molar-refractivity contribution in [1.29, 1.82) is 5.41 Å². The van der Waals surface area contributed by atoms with Gasteiger partial charge in [0.25, 0.3) is 0 Å². The highest BCUT2D eigenvalue weighted by atomic mass is 16.5. The van der Waals surface area contributed by atoms with Gasteiger partial charge >= 0.3 is 0 Å². The molecule has 7 nitrogen and oxygen atoms in total. The van der Waals surface area contributed by atoms with Crippen LogP contribution >= 0.6 is 0 Å². The second-order valence-electron chi connectivity index (χ2n) is 6.57. The molecule has 0 spiro atoms. The minimum absolute atomic E-state index is 0.346. The first kappa shape index (κ1) is 19.6. The quantitative estimate of drug-likeness (QED) is 0.546. The average molecular weight is 378 g/mol. The van der Waals surface area contributed by atoms with Gasteiger partial charge in [0.2, 0.25) is 0 Å². The number of nitrogen functional groups attached to an aromatic ring is 1. The molecule has 1 aromatic heterocycles. The third-order valence-electron chi connectivity index (χ3n) is 4.89. The Morgan fingerprint density at radius 3 is 2.64 bits per heavy atom. The Morgan fingerprint density at radius 2 is 1.96 bits per heavy atom. The lowest BCUT2D eigenvalue weighted by Gasteiger charge is -2.28. The van der Waals surface area contributed by atoms with E-state index >= 15 is 0 Å². The monoisotopic (exact) mass is 378 g/mol. The minimum Gasteiger partial charge on any atom is -0.404 e. The van der Waals surface area contributed by atoms with Crippen LogP contribution in [0.3, 0.4) is 0 Å². The highest BCUT2D eigenvalue weighted by Gasteiger charge is 2.16. The van der Waals surface area contributed by atoms with Crippen LogP contribution in [-0.2, 0) is 4.74 Å². The van der Waals surface area contributed by atoms with Crippen LogP contribution < -0.4 is 16.4 Å². The Bertz CT molecular complexity index is 928. The molecule has 0 atom stereocenters. The molecule has 3 rings (SSSR count). The molecule has 2 heterocycles. The van der Waals surface area contributed by atoms with Gasteiger partial charge in [-0.05, 0) is 36.8 Å². The normalized spacial score (nSPS) is 15.6. The summed E-state index contributed by atoms with van der Waals surface area (Å²) in [5.41, 5.74) is 16.8. The SMILES string of the molecule is CN=C(C)C(=CN)c1ccc(N)c(C(=N)c2ccnc(N3CCOCC3)c2)c1. The number of ether oxygens (including phenoxy) is 1. The molecule has 0 saturated carbocycles. The van der Waals surface area contributed by atoms with E-state index in [2.05, 4.69) is 14.9 Å². The number of aliphatic imine (C=N–C) groups is 1. The molecule has 1 aliphatic rings. The van der Waals surface area contributed by atoms with E-state index in [1.54, 1.807) is 19.3 Å². The molecule has 0 unspecified atom stereocenters. The lowest BCUT2D eigenvalue weighted by atomic mass is 9.95. The van der Waals surface area contributed by atoms with Crippen LogP contribution in [0.25, 0.3) is 5.57 Å². The number of anilines is 2. The first-order valence-corrected chi connectivity index (χ1v) is 9.18. The van der Waals surface area contributed by atoms with Gasteiger partial charge in [-0.1, -0.05) is 6.07 Å². The van der Waals surface area contributed by atoms with E-state index in [1.165, 1.54) is 6.20 Å². The van der Waals surface area contributed by atoms with Crippen molar-refractivity contribution in [2.24, 2.45) is 10.7 Å². The fraction of sp³-hybridized carbons (Fsp3) is 0.286. The molecule has 0 aliphatic carbocycles. The molecule has 2 aromatic rings. The number of rotatable bonds is 5. The Balaban J connectivity index is 1.95. The molecule has 1 aromatic carbocycles. The zero-order valence-corrected chi connectivity index (χ0v) is 16.3. The van der Waals surface area contributed by atoms with Crippen LogP contribution in [0.1, 0.15) is 23.6 Å². The number of hydrogen-bond donors (Lipinski definition) is 3. The van der Waals surface area contributed by atoms with Crippen molar-refractivity contribution in [2.75, 3.05) is 44.0 Å². The van der Waals surface area contributed by atoms with E-state index < -0.39 is 0 Å². The van der Waals surface area contributed by atoms with Crippen molar-refractivity contribution < 1.29 is 4.74 Å². The first-order chi connectivity index (χ1) is 13.5. The highest BCUT2D eigenvalue weighted by molar-refractivity contribution is 6.23. The van der Waals surface area contributed by atoms with Gasteiger partial charge in [0.05, 0.1) is 18.9 Å². The van der Waals surface area contributed by atoms with Gasteiger partial charge in [-0.3, -0.25) is 10.4 Å². The Hall–Kier alpha value is -3.19.